The second-order valence-corrected chi connectivity index (χ2v) is 8.19. The van der Waals surface area contributed by atoms with E-state index in [2.05, 4.69) is 36.1 Å². The highest BCUT2D eigenvalue weighted by Crippen LogP contribution is 2.31. The number of hydrogen-bond acceptors (Lipinski definition) is 5. The smallest absolute Gasteiger partial charge is 0.263 e. The molecule has 7 heteroatoms. The lowest BCUT2D eigenvalue weighted by atomic mass is 9.97. The number of rotatable bonds is 5. The Labute approximate surface area is 184 Å². The molecule has 1 saturated heterocycles. The van der Waals surface area contributed by atoms with Gasteiger partial charge in [0.15, 0.2) is 5.82 Å². The zero-order valence-corrected chi connectivity index (χ0v) is 18.3. The van der Waals surface area contributed by atoms with Gasteiger partial charge in [0.2, 0.25) is 5.91 Å². The molecular weight excluding hydrogens is 444 g/mol. The highest BCUT2D eigenvalue weighted by Gasteiger charge is 2.28. The lowest BCUT2D eigenvalue weighted by Crippen LogP contribution is -2.41. The molecule has 0 saturated carbocycles. The zero-order chi connectivity index (χ0) is 20.9. The summed E-state index contributed by atoms with van der Waals surface area (Å²) in [5.41, 5.74) is 1.89. The van der Waals surface area contributed by atoms with Gasteiger partial charge < -0.3 is 15.0 Å². The average molecular weight is 467 g/mol. The maximum atomic E-state index is 12.9. The molecule has 1 aliphatic heterocycles. The van der Waals surface area contributed by atoms with Crippen LogP contribution in [0.4, 0.5) is 11.5 Å². The molecule has 0 unspecified atom stereocenters. The van der Waals surface area contributed by atoms with Crippen molar-refractivity contribution in [1.82, 2.24) is 9.97 Å². The molecule has 2 heterocycles. The van der Waals surface area contributed by atoms with Crippen molar-refractivity contribution in [2.75, 3.05) is 23.3 Å². The number of piperidine rings is 1. The normalized spacial score (nSPS) is 16.2. The first-order valence-corrected chi connectivity index (χ1v) is 10.8. The molecule has 1 aromatic heterocycles. The quantitative estimate of drug-likeness (QED) is 0.559. The number of aromatic nitrogens is 2. The van der Waals surface area contributed by atoms with Crippen molar-refractivity contribution in [3.05, 3.63) is 71.0 Å². The van der Waals surface area contributed by atoms with E-state index >= 15 is 0 Å². The second kappa shape index (κ2) is 9.26. The number of ether oxygens (including phenoxy) is 1. The van der Waals surface area contributed by atoms with Crippen LogP contribution in [0.5, 0.6) is 11.6 Å². The Morgan fingerprint density at radius 2 is 1.97 bits per heavy atom. The average Bonchev–Trinajstić information content (AvgIpc) is 2.77. The van der Waals surface area contributed by atoms with E-state index in [1.807, 2.05) is 55.5 Å². The predicted molar refractivity (Wildman–Crippen MR) is 121 cm³/mol. The molecule has 6 nitrogen and oxygen atoms in total. The molecule has 0 aliphatic carbocycles. The number of hydrogen-bond donors (Lipinski definition) is 1. The van der Waals surface area contributed by atoms with E-state index < -0.39 is 0 Å². The summed E-state index contributed by atoms with van der Waals surface area (Å²) in [7, 11) is 0. The molecule has 1 atom stereocenters. The number of anilines is 2. The summed E-state index contributed by atoms with van der Waals surface area (Å²) in [5.74, 6) is 1.72. The van der Waals surface area contributed by atoms with Crippen molar-refractivity contribution in [1.29, 1.82) is 0 Å². The van der Waals surface area contributed by atoms with E-state index in [0.717, 1.165) is 35.1 Å². The van der Waals surface area contributed by atoms with Crippen LogP contribution in [0, 0.1) is 12.8 Å². The lowest BCUT2D eigenvalue weighted by Gasteiger charge is -2.33. The van der Waals surface area contributed by atoms with Gasteiger partial charge in [-0.15, -0.1) is 0 Å². The first-order chi connectivity index (χ1) is 14.6. The molecular formula is C23H23BrN4O2. The van der Waals surface area contributed by atoms with Crippen LogP contribution in [-0.2, 0) is 4.79 Å². The minimum atomic E-state index is -0.130. The van der Waals surface area contributed by atoms with E-state index in [1.54, 1.807) is 12.4 Å². The van der Waals surface area contributed by atoms with Gasteiger partial charge >= 0.3 is 0 Å². The molecule has 0 bridgehead atoms. The molecule has 0 radical (unpaired) electrons. The third-order valence-corrected chi connectivity index (χ3v) is 6.01. The van der Waals surface area contributed by atoms with Gasteiger partial charge in [-0.25, -0.2) is 9.97 Å². The number of para-hydroxylation sites is 1. The van der Waals surface area contributed by atoms with Crippen LogP contribution in [0.3, 0.4) is 0 Å². The Morgan fingerprint density at radius 1 is 1.17 bits per heavy atom. The summed E-state index contributed by atoms with van der Waals surface area (Å²) >= 11 is 3.49. The standard InChI is InChI=1S/C23H23BrN4O2/c1-16-14-18(9-10-20(16)24)27-22(29)17-6-5-13-28(15-17)21-23(26-12-11-25-21)30-19-7-3-2-4-8-19/h2-4,7-12,14,17H,5-6,13,15H2,1H3,(H,27,29)/t17-/m1/s1. The summed E-state index contributed by atoms with van der Waals surface area (Å²) in [4.78, 5) is 23.9. The van der Waals surface area contributed by atoms with Crippen LogP contribution >= 0.6 is 15.9 Å². The number of amides is 1. The Kier molecular flexibility index (Phi) is 6.28. The fourth-order valence-electron chi connectivity index (χ4n) is 3.56. The number of benzene rings is 2. The summed E-state index contributed by atoms with van der Waals surface area (Å²) in [6, 6.07) is 15.3. The van der Waals surface area contributed by atoms with Crippen molar-refractivity contribution >= 4 is 33.3 Å². The number of nitrogens with zero attached hydrogens (tertiary/aromatic N) is 3. The molecule has 2 aromatic carbocycles. The number of nitrogens with one attached hydrogen (secondary N) is 1. The first-order valence-electron chi connectivity index (χ1n) is 9.96. The second-order valence-electron chi connectivity index (χ2n) is 7.34. The third kappa shape index (κ3) is 4.79. The molecule has 4 rings (SSSR count). The van der Waals surface area contributed by atoms with Gasteiger partial charge in [-0.2, -0.15) is 0 Å². The SMILES string of the molecule is Cc1cc(NC(=O)[C@@H]2CCCN(c3nccnc3Oc3ccccc3)C2)ccc1Br. The molecule has 1 N–H and O–H groups in total. The van der Waals surface area contributed by atoms with E-state index in [1.165, 1.54) is 0 Å². The lowest BCUT2D eigenvalue weighted by molar-refractivity contribution is -0.120. The van der Waals surface area contributed by atoms with Gasteiger partial charge in [-0.05, 0) is 55.7 Å². The van der Waals surface area contributed by atoms with E-state index in [0.29, 0.717) is 24.0 Å². The van der Waals surface area contributed by atoms with Crippen molar-refractivity contribution < 1.29 is 9.53 Å². The predicted octanol–water partition coefficient (Wildman–Crippen LogP) is 5.19. The highest BCUT2D eigenvalue weighted by molar-refractivity contribution is 9.10. The van der Waals surface area contributed by atoms with Crippen LogP contribution in [-0.4, -0.2) is 29.0 Å². The van der Waals surface area contributed by atoms with Crippen molar-refractivity contribution in [3.8, 4) is 11.6 Å². The summed E-state index contributed by atoms with van der Waals surface area (Å²) in [6.45, 7) is 3.39. The molecule has 30 heavy (non-hydrogen) atoms. The molecule has 3 aromatic rings. The zero-order valence-electron chi connectivity index (χ0n) is 16.7. The first kappa shape index (κ1) is 20.3. The summed E-state index contributed by atoms with van der Waals surface area (Å²) in [5, 5.41) is 3.05. The van der Waals surface area contributed by atoms with Gasteiger partial charge in [-0.3, -0.25) is 4.79 Å². The largest absolute Gasteiger partial charge is 0.436 e. The third-order valence-electron chi connectivity index (χ3n) is 5.12. The van der Waals surface area contributed by atoms with Crippen LogP contribution < -0.4 is 15.0 Å². The van der Waals surface area contributed by atoms with Gasteiger partial charge in [0.1, 0.15) is 5.75 Å². The molecule has 154 valence electrons. The van der Waals surface area contributed by atoms with Crippen molar-refractivity contribution in [2.24, 2.45) is 5.92 Å². The minimum absolute atomic E-state index is 0.0239. The number of halogens is 1. The number of carbonyl (C=O) groups is 1. The van der Waals surface area contributed by atoms with E-state index in [9.17, 15) is 4.79 Å². The van der Waals surface area contributed by atoms with Crippen LogP contribution in [0.2, 0.25) is 0 Å². The van der Waals surface area contributed by atoms with Crippen LogP contribution in [0.15, 0.2) is 65.4 Å². The maximum absolute atomic E-state index is 12.9. The minimum Gasteiger partial charge on any atom is -0.436 e. The van der Waals surface area contributed by atoms with Gasteiger partial charge in [0, 0.05) is 35.6 Å². The molecule has 1 fully saturated rings. The highest BCUT2D eigenvalue weighted by atomic mass is 79.9. The molecule has 0 spiro atoms. The fraction of sp³-hybridized carbons (Fsp3) is 0.261. The van der Waals surface area contributed by atoms with Gasteiger partial charge in [0.05, 0.1) is 5.92 Å². The number of aryl methyl sites for hydroxylation is 1. The molecule has 1 amide bonds. The van der Waals surface area contributed by atoms with Crippen LogP contribution in [0.25, 0.3) is 0 Å². The summed E-state index contributed by atoms with van der Waals surface area (Å²) in [6.07, 6.45) is 5.01. The monoisotopic (exact) mass is 466 g/mol. The van der Waals surface area contributed by atoms with Gasteiger partial charge in [-0.1, -0.05) is 34.1 Å². The Hall–Kier alpha value is -2.93. The Bertz CT molecular complexity index is 1030. The Morgan fingerprint density at radius 3 is 2.77 bits per heavy atom. The van der Waals surface area contributed by atoms with Crippen molar-refractivity contribution in [3.63, 3.8) is 0 Å². The van der Waals surface area contributed by atoms with Crippen molar-refractivity contribution in [2.45, 2.75) is 19.8 Å². The fourth-order valence-corrected chi connectivity index (χ4v) is 3.80. The maximum Gasteiger partial charge on any atom is 0.263 e. The van der Waals surface area contributed by atoms with Crippen LogP contribution in [0.1, 0.15) is 18.4 Å². The molecule has 1 aliphatic rings. The van der Waals surface area contributed by atoms with Gasteiger partial charge in [0.25, 0.3) is 5.88 Å². The number of carbonyl (C=O) groups excluding carboxylic acids is 1. The van der Waals surface area contributed by atoms with E-state index in [-0.39, 0.29) is 11.8 Å². The van der Waals surface area contributed by atoms with E-state index in [4.69, 9.17) is 4.74 Å². The topological polar surface area (TPSA) is 67.4 Å². The summed E-state index contributed by atoms with van der Waals surface area (Å²) < 4.78 is 6.98. The Balaban J connectivity index is 1.47.